The molecular weight excluding hydrogens is 318 g/mol. The summed E-state index contributed by atoms with van der Waals surface area (Å²) in [5.74, 6) is 0.115. The van der Waals surface area contributed by atoms with Crippen LogP contribution in [0.5, 0.6) is 0 Å². The van der Waals surface area contributed by atoms with E-state index in [9.17, 15) is 9.59 Å². The maximum absolute atomic E-state index is 12.5. The lowest BCUT2D eigenvalue weighted by Gasteiger charge is -2.37. The van der Waals surface area contributed by atoms with Crippen molar-refractivity contribution in [2.24, 2.45) is 5.92 Å². The topological polar surface area (TPSA) is 61.9 Å². The van der Waals surface area contributed by atoms with Gasteiger partial charge in [0.05, 0.1) is 0 Å². The summed E-state index contributed by atoms with van der Waals surface area (Å²) < 4.78 is 5.40. The number of hydrogen-bond acceptors (Lipinski definition) is 4. The molecule has 1 N–H and O–H groups in total. The molecule has 0 aromatic heterocycles. The van der Waals surface area contributed by atoms with Crippen molar-refractivity contribution in [1.82, 2.24) is 15.1 Å². The second-order valence-corrected chi connectivity index (χ2v) is 8.97. The van der Waals surface area contributed by atoms with Gasteiger partial charge in [0.2, 0.25) is 5.91 Å². The number of ether oxygens (including phenoxy) is 1. The van der Waals surface area contributed by atoms with Gasteiger partial charge in [0.25, 0.3) is 0 Å². The fourth-order valence-corrected chi connectivity index (χ4v) is 3.53. The Kier molecular flexibility index (Phi) is 6.35. The van der Waals surface area contributed by atoms with Crippen molar-refractivity contribution in [2.75, 3.05) is 32.7 Å². The SMILES string of the molecule is CC(C)(C)OC(=O)N1CCC(C(=O)NCC(C)(C)N2CCCC2)CC1. The minimum absolute atomic E-state index is 0.00335. The Balaban J connectivity index is 1.74. The third-order valence-corrected chi connectivity index (χ3v) is 5.17. The molecule has 2 amide bonds. The first-order chi connectivity index (χ1) is 11.6. The van der Waals surface area contributed by atoms with E-state index in [1.54, 1.807) is 4.90 Å². The predicted molar refractivity (Wildman–Crippen MR) is 98.4 cm³/mol. The Morgan fingerprint density at radius 2 is 1.56 bits per heavy atom. The predicted octanol–water partition coefficient (Wildman–Crippen LogP) is 2.62. The van der Waals surface area contributed by atoms with Crippen LogP contribution in [0.3, 0.4) is 0 Å². The molecule has 0 spiro atoms. The molecule has 2 saturated heterocycles. The van der Waals surface area contributed by atoms with Gasteiger partial charge in [-0.25, -0.2) is 4.79 Å². The highest BCUT2D eigenvalue weighted by molar-refractivity contribution is 5.79. The van der Waals surface area contributed by atoms with Crippen molar-refractivity contribution in [3.63, 3.8) is 0 Å². The lowest BCUT2D eigenvalue weighted by molar-refractivity contribution is -0.127. The molecule has 0 aliphatic carbocycles. The average molecular weight is 354 g/mol. The Bertz CT molecular complexity index is 471. The van der Waals surface area contributed by atoms with Gasteiger partial charge in [-0.1, -0.05) is 0 Å². The van der Waals surface area contributed by atoms with Crippen molar-refractivity contribution in [3.8, 4) is 0 Å². The van der Waals surface area contributed by atoms with Gasteiger partial charge in [0.15, 0.2) is 0 Å². The highest BCUT2D eigenvalue weighted by atomic mass is 16.6. The van der Waals surface area contributed by atoms with Gasteiger partial charge in [0, 0.05) is 31.1 Å². The number of hydrogen-bond donors (Lipinski definition) is 1. The zero-order chi connectivity index (χ0) is 18.7. The van der Waals surface area contributed by atoms with Crippen molar-refractivity contribution in [3.05, 3.63) is 0 Å². The van der Waals surface area contributed by atoms with E-state index >= 15 is 0 Å². The number of rotatable bonds is 4. The molecule has 2 heterocycles. The monoisotopic (exact) mass is 353 g/mol. The minimum atomic E-state index is -0.480. The van der Waals surface area contributed by atoms with E-state index in [4.69, 9.17) is 4.74 Å². The van der Waals surface area contributed by atoms with Crippen LogP contribution < -0.4 is 5.32 Å². The Morgan fingerprint density at radius 1 is 1.00 bits per heavy atom. The number of nitrogens with one attached hydrogen (secondary N) is 1. The largest absolute Gasteiger partial charge is 0.444 e. The van der Waals surface area contributed by atoms with Crippen LogP contribution in [0.25, 0.3) is 0 Å². The Hall–Kier alpha value is -1.30. The molecule has 0 radical (unpaired) electrons. The van der Waals surface area contributed by atoms with Crippen molar-refractivity contribution < 1.29 is 14.3 Å². The van der Waals surface area contributed by atoms with E-state index in [0.29, 0.717) is 32.5 Å². The summed E-state index contributed by atoms with van der Waals surface area (Å²) in [4.78, 5) is 28.8. The number of carbonyl (C=O) groups is 2. The summed E-state index contributed by atoms with van der Waals surface area (Å²) in [7, 11) is 0. The van der Waals surface area contributed by atoms with E-state index in [-0.39, 0.29) is 23.5 Å². The van der Waals surface area contributed by atoms with Crippen LogP contribution in [0, 0.1) is 5.92 Å². The van der Waals surface area contributed by atoms with E-state index in [1.165, 1.54) is 12.8 Å². The van der Waals surface area contributed by atoms with Crippen LogP contribution in [0.1, 0.15) is 60.3 Å². The van der Waals surface area contributed by atoms with E-state index in [0.717, 1.165) is 13.1 Å². The summed E-state index contributed by atoms with van der Waals surface area (Å²) in [6.45, 7) is 14.1. The highest BCUT2D eigenvalue weighted by Gasteiger charge is 2.32. The fraction of sp³-hybridized carbons (Fsp3) is 0.895. The first-order valence-corrected chi connectivity index (χ1v) is 9.59. The smallest absolute Gasteiger partial charge is 0.410 e. The maximum atomic E-state index is 12.5. The second-order valence-electron chi connectivity index (χ2n) is 8.97. The molecule has 0 saturated carbocycles. The minimum Gasteiger partial charge on any atom is -0.444 e. The highest BCUT2D eigenvalue weighted by Crippen LogP contribution is 2.22. The number of carbonyl (C=O) groups excluding carboxylic acids is 2. The number of amides is 2. The summed E-state index contributed by atoms with van der Waals surface area (Å²) in [6.07, 6.45) is 3.63. The maximum Gasteiger partial charge on any atom is 0.410 e. The van der Waals surface area contributed by atoms with Crippen molar-refractivity contribution >= 4 is 12.0 Å². The fourth-order valence-electron chi connectivity index (χ4n) is 3.53. The third-order valence-electron chi connectivity index (χ3n) is 5.17. The van der Waals surface area contributed by atoms with Gasteiger partial charge in [-0.05, 0) is 73.4 Å². The third kappa shape index (κ3) is 5.87. The van der Waals surface area contributed by atoms with Crippen LogP contribution in [0.2, 0.25) is 0 Å². The molecule has 0 aromatic rings. The van der Waals surface area contributed by atoms with Crippen molar-refractivity contribution in [2.45, 2.75) is 71.4 Å². The lowest BCUT2D eigenvalue weighted by Crippen LogP contribution is -2.52. The van der Waals surface area contributed by atoms with Crippen LogP contribution in [0.4, 0.5) is 4.79 Å². The number of piperidine rings is 1. The summed E-state index contributed by atoms with van der Waals surface area (Å²) in [5.41, 5.74) is -0.476. The molecular formula is C19H35N3O3. The number of nitrogens with zero attached hydrogens (tertiary/aromatic N) is 2. The van der Waals surface area contributed by atoms with Crippen molar-refractivity contribution in [1.29, 1.82) is 0 Å². The summed E-state index contributed by atoms with van der Waals surface area (Å²) >= 11 is 0. The van der Waals surface area contributed by atoms with Gasteiger partial charge in [0.1, 0.15) is 5.60 Å². The lowest BCUT2D eigenvalue weighted by atomic mass is 9.95. The summed E-state index contributed by atoms with van der Waals surface area (Å²) in [6, 6.07) is 0. The van der Waals surface area contributed by atoms with E-state index in [1.807, 2.05) is 20.8 Å². The average Bonchev–Trinajstić information content (AvgIpc) is 3.06. The van der Waals surface area contributed by atoms with Gasteiger partial charge in [-0.2, -0.15) is 0 Å². The molecule has 6 nitrogen and oxygen atoms in total. The molecule has 2 aliphatic heterocycles. The summed E-state index contributed by atoms with van der Waals surface area (Å²) in [5, 5.41) is 3.14. The molecule has 2 aliphatic rings. The number of likely N-dealkylation sites (tertiary alicyclic amines) is 2. The molecule has 0 aromatic carbocycles. The molecule has 0 bridgehead atoms. The molecule has 6 heteroatoms. The second kappa shape index (κ2) is 7.94. The molecule has 0 atom stereocenters. The van der Waals surface area contributed by atoms with Crippen LogP contribution in [-0.2, 0) is 9.53 Å². The van der Waals surface area contributed by atoms with E-state index in [2.05, 4.69) is 24.1 Å². The Morgan fingerprint density at radius 3 is 2.08 bits per heavy atom. The normalized spacial score (nSPS) is 20.6. The molecule has 2 fully saturated rings. The zero-order valence-electron chi connectivity index (χ0n) is 16.6. The van der Waals surface area contributed by atoms with Gasteiger partial charge in [-0.3, -0.25) is 9.69 Å². The molecule has 2 rings (SSSR count). The van der Waals surface area contributed by atoms with Gasteiger partial charge in [-0.15, -0.1) is 0 Å². The van der Waals surface area contributed by atoms with Gasteiger partial charge >= 0.3 is 6.09 Å². The molecule has 25 heavy (non-hydrogen) atoms. The zero-order valence-corrected chi connectivity index (χ0v) is 16.6. The quantitative estimate of drug-likeness (QED) is 0.844. The van der Waals surface area contributed by atoms with Crippen LogP contribution in [0.15, 0.2) is 0 Å². The van der Waals surface area contributed by atoms with Crippen LogP contribution >= 0.6 is 0 Å². The molecule has 0 unspecified atom stereocenters. The van der Waals surface area contributed by atoms with Crippen LogP contribution in [-0.4, -0.2) is 65.7 Å². The van der Waals surface area contributed by atoms with E-state index < -0.39 is 5.60 Å². The molecule has 144 valence electrons. The van der Waals surface area contributed by atoms with Gasteiger partial charge < -0.3 is 15.0 Å². The first-order valence-electron chi connectivity index (χ1n) is 9.59. The first kappa shape index (κ1) is 20.0. The Labute approximate surface area is 152 Å². The standard InChI is InChI=1S/C19H35N3O3/c1-18(2,3)25-17(24)21-12-8-15(9-13-21)16(23)20-14-19(4,5)22-10-6-7-11-22/h15H,6-14H2,1-5H3,(H,20,23).